The van der Waals surface area contributed by atoms with Crippen molar-refractivity contribution >= 4 is 0 Å². The molecule has 2 rings (SSSR count). The molecule has 0 heteroatoms. The van der Waals surface area contributed by atoms with Crippen LogP contribution in [-0.4, -0.2) is 0 Å². The Labute approximate surface area is 114 Å². The summed E-state index contributed by atoms with van der Waals surface area (Å²) >= 11 is 0. The average Bonchev–Trinajstić information content (AvgIpc) is 2.95. The summed E-state index contributed by atoms with van der Waals surface area (Å²) in [5.41, 5.74) is 1.48. The molecular weight excluding hydrogens is 216 g/mol. The van der Waals surface area contributed by atoms with Crippen LogP contribution in [0, 0.1) is 0 Å². The lowest BCUT2D eigenvalue weighted by Crippen LogP contribution is -2.12. The molecule has 0 N–H and O–H groups in total. The lowest BCUT2D eigenvalue weighted by Gasteiger charge is -2.19. The Kier molecular flexibility index (Phi) is 12.9. The van der Waals surface area contributed by atoms with E-state index in [-0.39, 0.29) is 5.41 Å². The second kappa shape index (κ2) is 12.2. The van der Waals surface area contributed by atoms with E-state index in [0.717, 1.165) is 0 Å². The smallest absolute Gasteiger partial charge is 0.0289 e. The molecule has 102 valence electrons. The Morgan fingerprint density at radius 2 is 1.06 bits per heavy atom. The van der Waals surface area contributed by atoms with E-state index in [1.165, 1.54) is 5.56 Å². The van der Waals surface area contributed by atoms with Crippen molar-refractivity contribution in [2.24, 2.45) is 0 Å². The summed E-state index contributed by atoms with van der Waals surface area (Å²) in [6.45, 7) is 14.2. The highest BCUT2D eigenvalue weighted by molar-refractivity contribution is 5.40. The van der Waals surface area contributed by atoms with E-state index in [1.807, 2.05) is 41.5 Å². The van der Waals surface area contributed by atoms with Gasteiger partial charge in [0.15, 0.2) is 0 Å². The summed E-state index contributed by atoms with van der Waals surface area (Å²) in [6.07, 6.45) is 8.66. The lowest BCUT2D eigenvalue weighted by atomic mass is 9.84. The summed E-state index contributed by atoms with van der Waals surface area (Å²) in [7, 11) is 0. The third-order valence-corrected chi connectivity index (χ3v) is 2.39. The molecule has 0 atom stereocenters. The van der Waals surface area contributed by atoms with Crippen molar-refractivity contribution in [1.82, 2.24) is 0 Å². The van der Waals surface area contributed by atoms with Crippen LogP contribution in [0.5, 0.6) is 0 Å². The monoisotopic (exact) mass is 246 g/mol. The topological polar surface area (TPSA) is 0 Å². The highest BCUT2D eigenvalue weighted by Gasteiger charge is 2.21. The van der Waals surface area contributed by atoms with Crippen LogP contribution in [0.25, 0.3) is 0 Å². The van der Waals surface area contributed by atoms with Gasteiger partial charge in [-0.15, -0.1) is 0 Å². The molecule has 1 aliphatic rings. The van der Waals surface area contributed by atoms with Gasteiger partial charge < -0.3 is 0 Å². The van der Waals surface area contributed by atoms with E-state index in [2.05, 4.69) is 61.6 Å². The molecule has 0 aliphatic heterocycles. The maximum Gasteiger partial charge on any atom is 0.0289 e. The average molecular weight is 246 g/mol. The SMILES string of the molecule is CC.CC.CC.CC1(c2ccccc2)C=CC=C1. The van der Waals surface area contributed by atoms with Gasteiger partial charge in [-0.2, -0.15) is 0 Å². The molecule has 0 bridgehead atoms. The van der Waals surface area contributed by atoms with Crippen LogP contribution in [0.15, 0.2) is 54.6 Å². The summed E-state index contributed by atoms with van der Waals surface area (Å²) in [4.78, 5) is 0. The first-order chi connectivity index (χ1) is 8.81. The number of allylic oxidation sites excluding steroid dienone is 4. The van der Waals surface area contributed by atoms with E-state index in [1.54, 1.807) is 0 Å². The Bertz CT molecular complexity index is 305. The van der Waals surface area contributed by atoms with Gasteiger partial charge in [-0.05, 0) is 12.5 Å². The zero-order chi connectivity index (χ0) is 14.4. The van der Waals surface area contributed by atoms with Gasteiger partial charge in [0, 0.05) is 5.41 Å². The van der Waals surface area contributed by atoms with Crippen LogP contribution in [0.3, 0.4) is 0 Å². The number of rotatable bonds is 1. The zero-order valence-electron chi connectivity index (χ0n) is 13.2. The molecule has 1 aliphatic carbocycles. The fourth-order valence-electron chi connectivity index (χ4n) is 1.56. The molecule has 0 radical (unpaired) electrons. The summed E-state index contributed by atoms with van der Waals surface area (Å²) in [5.74, 6) is 0. The van der Waals surface area contributed by atoms with Gasteiger partial charge in [-0.1, -0.05) is 96.2 Å². The first kappa shape index (κ1) is 19.0. The van der Waals surface area contributed by atoms with Crippen molar-refractivity contribution in [1.29, 1.82) is 0 Å². The molecule has 0 nitrogen and oxygen atoms in total. The molecule has 0 saturated heterocycles. The fraction of sp³-hybridized carbons (Fsp3) is 0.444. The predicted octanol–water partition coefficient (Wildman–Crippen LogP) is 6.15. The largest absolute Gasteiger partial charge is 0.0705 e. The molecule has 1 aromatic carbocycles. The van der Waals surface area contributed by atoms with E-state index in [0.29, 0.717) is 0 Å². The van der Waals surface area contributed by atoms with Gasteiger partial charge in [-0.3, -0.25) is 0 Å². The molecule has 1 aromatic rings. The Balaban J connectivity index is 0. The zero-order valence-corrected chi connectivity index (χ0v) is 13.2. The maximum atomic E-state index is 2.22. The third kappa shape index (κ3) is 5.86. The first-order valence-corrected chi connectivity index (χ1v) is 7.24. The van der Waals surface area contributed by atoms with Crippen LogP contribution in [-0.2, 0) is 5.41 Å². The minimum absolute atomic E-state index is 0.126. The standard InChI is InChI=1S/C12H12.3C2H6/c1-12(9-5-6-10-12)11-7-3-2-4-8-11;3*1-2/h2-10H,1H3;3*1-2H3. The Hall–Kier alpha value is -1.30. The van der Waals surface area contributed by atoms with Crippen LogP contribution < -0.4 is 0 Å². The molecule has 0 aromatic heterocycles. The summed E-state index contributed by atoms with van der Waals surface area (Å²) < 4.78 is 0. The Morgan fingerprint density at radius 1 is 0.667 bits per heavy atom. The molecular formula is C18H30. The van der Waals surface area contributed by atoms with Crippen molar-refractivity contribution in [3.63, 3.8) is 0 Å². The number of benzene rings is 1. The Morgan fingerprint density at radius 3 is 1.44 bits per heavy atom. The van der Waals surface area contributed by atoms with Crippen molar-refractivity contribution in [2.75, 3.05) is 0 Å². The predicted molar refractivity (Wildman–Crippen MR) is 86.1 cm³/mol. The molecule has 0 amide bonds. The van der Waals surface area contributed by atoms with E-state index in [4.69, 9.17) is 0 Å². The second-order valence-corrected chi connectivity index (χ2v) is 3.37. The highest BCUT2D eigenvalue weighted by Crippen LogP contribution is 2.29. The van der Waals surface area contributed by atoms with Gasteiger partial charge in [0.2, 0.25) is 0 Å². The van der Waals surface area contributed by atoms with Gasteiger partial charge in [0.1, 0.15) is 0 Å². The van der Waals surface area contributed by atoms with E-state index in [9.17, 15) is 0 Å². The maximum absolute atomic E-state index is 2.22. The molecule has 0 spiro atoms. The quantitative estimate of drug-likeness (QED) is 0.557. The molecule has 0 heterocycles. The van der Waals surface area contributed by atoms with Crippen LogP contribution in [0.4, 0.5) is 0 Å². The summed E-state index contributed by atoms with van der Waals surface area (Å²) in [5, 5.41) is 0. The van der Waals surface area contributed by atoms with Gasteiger partial charge in [-0.25, -0.2) is 0 Å². The molecule has 0 unspecified atom stereocenters. The minimum Gasteiger partial charge on any atom is -0.0705 e. The van der Waals surface area contributed by atoms with Gasteiger partial charge >= 0.3 is 0 Å². The first-order valence-electron chi connectivity index (χ1n) is 7.24. The van der Waals surface area contributed by atoms with Crippen molar-refractivity contribution < 1.29 is 0 Å². The van der Waals surface area contributed by atoms with Gasteiger partial charge in [0.25, 0.3) is 0 Å². The fourth-order valence-corrected chi connectivity index (χ4v) is 1.56. The minimum atomic E-state index is 0.126. The number of hydrogen-bond acceptors (Lipinski definition) is 0. The van der Waals surface area contributed by atoms with Crippen molar-refractivity contribution in [2.45, 2.75) is 53.9 Å². The number of hydrogen-bond donors (Lipinski definition) is 0. The third-order valence-electron chi connectivity index (χ3n) is 2.39. The van der Waals surface area contributed by atoms with Crippen LogP contribution in [0.2, 0.25) is 0 Å². The van der Waals surface area contributed by atoms with E-state index < -0.39 is 0 Å². The van der Waals surface area contributed by atoms with Gasteiger partial charge in [0.05, 0.1) is 0 Å². The van der Waals surface area contributed by atoms with Crippen LogP contribution in [0.1, 0.15) is 54.0 Å². The second-order valence-electron chi connectivity index (χ2n) is 3.37. The summed E-state index contributed by atoms with van der Waals surface area (Å²) in [6, 6.07) is 10.6. The normalized spacial score (nSPS) is 13.3. The molecule has 0 saturated carbocycles. The van der Waals surface area contributed by atoms with Crippen LogP contribution >= 0.6 is 0 Å². The highest BCUT2D eigenvalue weighted by atomic mass is 14.2. The lowest BCUT2D eigenvalue weighted by molar-refractivity contribution is 0.770. The molecule has 0 fully saturated rings. The van der Waals surface area contributed by atoms with E-state index >= 15 is 0 Å². The van der Waals surface area contributed by atoms with Crippen molar-refractivity contribution in [3.05, 3.63) is 60.2 Å². The van der Waals surface area contributed by atoms with Crippen molar-refractivity contribution in [3.8, 4) is 0 Å². The molecule has 18 heavy (non-hydrogen) atoms.